The summed E-state index contributed by atoms with van der Waals surface area (Å²) in [5, 5.41) is 5.75. The van der Waals surface area contributed by atoms with Gasteiger partial charge in [-0.25, -0.2) is 4.39 Å². The molecule has 6 heteroatoms. The molecule has 2 aromatic rings. The molecule has 0 aromatic heterocycles. The Morgan fingerprint density at radius 2 is 2.04 bits per heavy atom. The molecule has 3 rings (SSSR count). The molecule has 1 aliphatic rings. The third kappa shape index (κ3) is 4.33. The first-order chi connectivity index (χ1) is 11.6. The van der Waals surface area contributed by atoms with Crippen molar-refractivity contribution in [2.24, 2.45) is 0 Å². The number of rotatable bonds is 5. The molecule has 0 bridgehead atoms. The van der Waals surface area contributed by atoms with Gasteiger partial charge < -0.3 is 15.4 Å². The average molecular weight is 393 g/mol. The predicted octanol–water partition coefficient (Wildman–Crippen LogP) is 4.43. The van der Waals surface area contributed by atoms with Crippen molar-refractivity contribution in [2.75, 3.05) is 23.8 Å². The number of hydrogen-bond donors (Lipinski definition) is 2. The van der Waals surface area contributed by atoms with Gasteiger partial charge in [0.2, 0.25) is 0 Å². The molecule has 2 aromatic carbocycles. The van der Waals surface area contributed by atoms with Crippen molar-refractivity contribution in [3.63, 3.8) is 0 Å². The van der Waals surface area contributed by atoms with Crippen molar-refractivity contribution >= 4 is 33.2 Å². The van der Waals surface area contributed by atoms with Crippen LogP contribution in [0.1, 0.15) is 23.2 Å². The number of carbonyl (C=O) groups is 1. The fraction of sp³-hybridized carbons (Fsp3) is 0.278. The number of benzene rings is 2. The summed E-state index contributed by atoms with van der Waals surface area (Å²) in [6.07, 6.45) is 2.19. The minimum Gasteiger partial charge on any atom is -0.380 e. The van der Waals surface area contributed by atoms with E-state index in [1.807, 2.05) is 0 Å². The van der Waals surface area contributed by atoms with Crippen molar-refractivity contribution in [2.45, 2.75) is 18.9 Å². The van der Waals surface area contributed by atoms with Gasteiger partial charge in [0.1, 0.15) is 5.82 Å². The van der Waals surface area contributed by atoms with E-state index in [9.17, 15) is 9.18 Å². The topological polar surface area (TPSA) is 50.4 Å². The first-order valence-electron chi connectivity index (χ1n) is 7.84. The van der Waals surface area contributed by atoms with E-state index in [0.717, 1.165) is 23.9 Å². The van der Waals surface area contributed by atoms with Crippen LogP contribution in [0.3, 0.4) is 0 Å². The number of amides is 1. The van der Waals surface area contributed by atoms with Gasteiger partial charge in [-0.3, -0.25) is 4.79 Å². The summed E-state index contributed by atoms with van der Waals surface area (Å²) in [5.74, 6) is -0.677. The standard InChI is InChI=1S/C18H18BrFN2O2/c19-13-5-3-12(4-6-13)18(23)22-14-7-8-17(16(20)10-14)21-11-15-2-1-9-24-15/h3-8,10,15,21H,1-2,9,11H2,(H,22,23). The van der Waals surface area contributed by atoms with Gasteiger partial charge in [-0.2, -0.15) is 0 Å². The van der Waals surface area contributed by atoms with Crippen LogP contribution in [0.5, 0.6) is 0 Å². The van der Waals surface area contributed by atoms with Gasteiger partial charge in [-0.15, -0.1) is 0 Å². The number of halogens is 2. The number of hydrogen-bond acceptors (Lipinski definition) is 3. The SMILES string of the molecule is O=C(Nc1ccc(NCC2CCCO2)c(F)c1)c1ccc(Br)cc1. The molecule has 0 saturated carbocycles. The molecule has 126 valence electrons. The Morgan fingerprint density at radius 3 is 2.71 bits per heavy atom. The van der Waals surface area contributed by atoms with Gasteiger partial charge in [-0.05, 0) is 55.3 Å². The lowest BCUT2D eigenvalue weighted by Gasteiger charge is -2.13. The number of anilines is 2. The maximum Gasteiger partial charge on any atom is 0.255 e. The van der Waals surface area contributed by atoms with Crippen LogP contribution in [0.2, 0.25) is 0 Å². The van der Waals surface area contributed by atoms with Crippen LogP contribution in [0.4, 0.5) is 15.8 Å². The molecule has 0 spiro atoms. The summed E-state index contributed by atoms with van der Waals surface area (Å²) in [7, 11) is 0. The fourth-order valence-corrected chi connectivity index (χ4v) is 2.83. The Bertz CT molecular complexity index is 715. The molecule has 1 heterocycles. The Labute approximate surface area is 148 Å². The Morgan fingerprint density at radius 1 is 1.25 bits per heavy atom. The van der Waals surface area contributed by atoms with Crippen molar-refractivity contribution in [1.29, 1.82) is 0 Å². The van der Waals surface area contributed by atoms with Crippen LogP contribution in [-0.4, -0.2) is 25.2 Å². The van der Waals surface area contributed by atoms with Gasteiger partial charge in [0.15, 0.2) is 0 Å². The summed E-state index contributed by atoms with van der Waals surface area (Å²) in [6, 6.07) is 11.6. The quantitative estimate of drug-likeness (QED) is 0.790. The maximum atomic E-state index is 14.2. The Kier molecular flexibility index (Phi) is 5.48. The second kappa shape index (κ2) is 7.77. The molecule has 1 aliphatic heterocycles. The Hall–Kier alpha value is -1.92. The zero-order valence-corrected chi connectivity index (χ0v) is 14.6. The highest BCUT2D eigenvalue weighted by molar-refractivity contribution is 9.10. The summed E-state index contributed by atoms with van der Waals surface area (Å²) >= 11 is 3.32. The smallest absolute Gasteiger partial charge is 0.255 e. The zero-order chi connectivity index (χ0) is 16.9. The highest BCUT2D eigenvalue weighted by atomic mass is 79.9. The summed E-state index contributed by atoms with van der Waals surface area (Å²) in [4.78, 5) is 12.1. The van der Waals surface area contributed by atoms with E-state index in [4.69, 9.17) is 4.74 Å². The summed E-state index contributed by atoms with van der Waals surface area (Å²) in [5.41, 5.74) is 1.34. The largest absolute Gasteiger partial charge is 0.380 e. The third-order valence-corrected chi connectivity index (χ3v) is 4.41. The monoisotopic (exact) mass is 392 g/mol. The van der Waals surface area contributed by atoms with Crippen LogP contribution in [0.15, 0.2) is 46.9 Å². The van der Waals surface area contributed by atoms with Crippen molar-refractivity contribution in [3.8, 4) is 0 Å². The molecule has 1 amide bonds. The van der Waals surface area contributed by atoms with Gasteiger partial charge in [-0.1, -0.05) is 15.9 Å². The van der Waals surface area contributed by atoms with Crippen LogP contribution >= 0.6 is 15.9 Å². The highest BCUT2D eigenvalue weighted by Gasteiger charge is 2.16. The van der Waals surface area contributed by atoms with E-state index in [-0.39, 0.29) is 12.0 Å². The molecule has 1 unspecified atom stereocenters. The third-order valence-electron chi connectivity index (χ3n) is 3.88. The van der Waals surface area contributed by atoms with E-state index in [0.29, 0.717) is 23.5 Å². The minimum atomic E-state index is -0.401. The lowest BCUT2D eigenvalue weighted by molar-refractivity contribution is 0.102. The molecule has 1 fully saturated rings. The zero-order valence-electron chi connectivity index (χ0n) is 13.0. The van der Waals surface area contributed by atoms with Crippen LogP contribution in [-0.2, 0) is 4.74 Å². The van der Waals surface area contributed by atoms with E-state index < -0.39 is 5.82 Å². The number of ether oxygens (including phenoxy) is 1. The lowest BCUT2D eigenvalue weighted by Crippen LogP contribution is -2.19. The van der Waals surface area contributed by atoms with Gasteiger partial charge >= 0.3 is 0 Å². The van der Waals surface area contributed by atoms with Crippen molar-refractivity contribution < 1.29 is 13.9 Å². The fourth-order valence-electron chi connectivity index (χ4n) is 2.57. The maximum absolute atomic E-state index is 14.2. The summed E-state index contributed by atoms with van der Waals surface area (Å²) in [6.45, 7) is 1.36. The van der Waals surface area contributed by atoms with Crippen molar-refractivity contribution in [1.82, 2.24) is 0 Å². The molecular formula is C18H18BrFN2O2. The molecule has 0 aliphatic carbocycles. The highest BCUT2D eigenvalue weighted by Crippen LogP contribution is 2.21. The number of carbonyl (C=O) groups excluding carboxylic acids is 1. The first kappa shape index (κ1) is 16.9. The molecule has 2 N–H and O–H groups in total. The molecule has 4 nitrogen and oxygen atoms in total. The Balaban J connectivity index is 1.61. The minimum absolute atomic E-state index is 0.140. The van der Waals surface area contributed by atoms with Gasteiger partial charge in [0.25, 0.3) is 5.91 Å². The summed E-state index contributed by atoms with van der Waals surface area (Å²) < 4.78 is 20.6. The van der Waals surface area contributed by atoms with E-state index in [1.165, 1.54) is 6.07 Å². The van der Waals surface area contributed by atoms with Gasteiger partial charge in [0.05, 0.1) is 11.8 Å². The molecule has 0 radical (unpaired) electrons. The first-order valence-corrected chi connectivity index (χ1v) is 8.63. The molecule has 24 heavy (non-hydrogen) atoms. The van der Waals surface area contributed by atoms with E-state index in [1.54, 1.807) is 36.4 Å². The van der Waals surface area contributed by atoms with Crippen LogP contribution in [0.25, 0.3) is 0 Å². The molecular weight excluding hydrogens is 375 g/mol. The van der Waals surface area contributed by atoms with Crippen LogP contribution in [0, 0.1) is 5.82 Å². The van der Waals surface area contributed by atoms with E-state index in [2.05, 4.69) is 26.6 Å². The van der Waals surface area contributed by atoms with E-state index >= 15 is 0 Å². The van der Waals surface area contributed by atoms with Crippen molar-refractivity contribution in [3.05, 3.63) is 58.3 Å². The van der Waals surface area contributed by atoms with Gasteiger partial charge in [0, 0.05) is 28.9 Å². The molecule has 1 saturated heterocycles. The molecule has 1 atom stereocenters. The second-order valence-electron chi connectivity index (χ2n) is 5.67. The number of nitrogens with one attached hydrogen (secondary N) is 2. The lowest BCUT2D eigenvalue weighted by atomic mass is 10.2. The van der Waals surface area contributed by atoms with Crippen LogP contribution < -0.4 is 10.6 Å². The average Bonchev–Trinajstić information content (AvgIpc) is 3.08. The second-order valence-corrected chi connectivity index (χ2v) is 6.59. The normalized spacial score (nSPS) is 16.8. The predicted molar refractivity (Wildman–Crippen MR) is 96.0 cm³/mol.